The molecule has 1 aromatic carbocycles. The first-order valence-electron chi connectivity index (χ1n) is 6.41. The Morgan fingerprint density at radius 3 is 2.72 bits per heavy atom. The predicted octanol–water partition coefficient (Wildman–Crippen LogP) is 4.12. The SMILES string of the molecule is CCNCc1cc(C(C)C)nc2ccc(Cl)cc12. The Bertz CT molecular complexity index is 549. The Morgan fingerprint density at radius 1 is 1.28 bits per heavy atom. The van der Waals surface area contributed by atoms with Gasteiger partial charge in [-0.05, 0) is 42.3 Å². The van der Waals surface area contributed by atoms with E-state index in [9.17, 15) is 0 Å². The third-order valence-corrected chi connectivity index (χ3v) is 3.27. The summed E-state index contributed by atoms with van der Waals surface area (Å²) in [6, 6.07) is 8.09. The van der Waals surface area contributed by atoms with E-state index in [-0.39, 0.29) is 0 Å². The van der Waals surface area contributed by atoms with Crippen LogP contribution in [0, 0.1) is 0 Å². The van der Waals surface area contributed by atoms with E-state index < -0.39 is 0 Å². The molecule has 0 saturated carbocycles. The molecule has 18 heavy (non-hydrogen) atoms. The fourth-order valence-electron chi connectivity index (χ4n) is 1.99. The van der Waals surface area contributed by atoms with Crippen molar-refractivity contribution in [1.82, 2.24) is 10.3 Å². The third-order valence-electron chi connectivity index (χ3n) is 3.03. The minimum atomic E-state index is 0.436. The Hall–Kier alpha value is -1.12. The van der Waals surface area contributed by atoms with E-state index in [2.05, 4.69) is 32.2 Å². The van der Waals surface area contributed by atoms with Crippen LogP contribution in [0.25, 0.3) is 10.9 Å². The van der Waals surface area contributed by atoms with E-state index in [4.69, 9.17) is 16.6 Å². The zero-order valence-corrected chi connectivity index (χ0v) is 11.9. The first-order chi connectivity index (χ1) is 8.61. The summed E-state index contributed by atoms with van der Waals surface area (Å²) in [5, 5.41) is 5.28. The molecule has 0 bridgehead atoms. The molecule has 0 aliphatic carbocycles. The van der Waals surface area contributed by atoms with Gasteiger partial charge in [-0.15, -0.1) is 0 Å². The summed E-state index contributed by atoms with van der Waals surface area (Å²) >= 11 is 6.08. The number of fused-ring (bicyclic) bond motifs is 1. The van der Waals surface area contributed by atoms with E-state index in [0.717, 1.165) is 34.7 Å². The second-order valence-corrected chi connectivity index (χ2v) is 5.24. The summed E-state index contributed by atoms with van der Waals surface area (Å²) in [5.41, 5.74) is 3.43. The van der Waals surface area contributed by atoms with Crippen molar-refractivity contribution in [1.29, 1.82) is 0 Å². The molecule has 2 rings (SSSR count). The molecular formula is C15H19ClN2. The van der Waals surface area contributed by atoms with Gasteiger partial charge in [0.1, 0.15) is 0 Å². The van der Waals surface area contributed by atoms with Gasteiger partial charge in [-0.3, -0.25) is 4.98 Å². The minimum absolute atomic E-state index is 0.436. The molecule has 0 saturated heterocycles. The van der Waals surface area contributed by atoms with Gasteiger partial charge < -0.3 is 5.32 Å². The summed E-state index contributed by atoms with van der Waals surface area (Å²) in [4.78, 5) is 4.70. The van der Waals surface area contributed by atoms with Crippen LogP contribution in [0.15, 0.2) is 24.3 Å². The maximum Gasteiger partial charge on any atom is 0.0709 e. The summed E-state index contributed by atoms with van der Waals surface area (Å²) in [7, 11) is 0. The minimum Gasteiger partial charge on any atom is -0.313 e. The molecule has 0 aliphatic rings. The van der Waals surface area contributed by atoms with Crippen LogP contribution in [0.3, 0.4) is 0 Å². The van der Waals surface area contributed by atoms with Crippen molar-refractivity contribution in [3.05, 3.63) is 40.5 Å². The number of hydrogen-bond acceptors (Lipinski definition) is 2. The van der Waals surface area contributed by atoms with Crippen molar-refractivity contribution >= 4 is 22.5 Å². The average Bonchev–Trinajstić information content (AvgIpc) is 2.35. The first-order valence-corrected chi connectivity index (χ1v) is 6.79. The number of benzene rings is 1. The number of nitrogens with one attached hydrogen (secondary N) is 1. The molecule has 2 aromatic rings. The molecule has 1 aromatic heterocycles. The van der Waals surface area contributed by atoms with Gasteiger partial charge in [0.2, 0.25) is 0 Å². The quantitative estimate of drug-likeness (QED) is 0.897. The lowest BCUT2D eigenvalue weighted by Gasteiger charge is -2.12. The van der Waals surface area contributed by atoms with Gasteiger partial charge in [0, 0.05) is 22.6 Å². The molecule has 0 unspecified atom stereocenters. The fraction of sp³-hybridized carbons (Fsp3) is 0.400. The van der Waals surface area contributed by atoms with Crippen molar-refractivity contribution in [3.8, 4) is 0 Å². The number of hydrogen-bond donors (Lipinski definition) is 1. The zero-order chi connectivity index (χ0) is 13.1. The van der Waals surface area contributed by atoms with Crippen molar-refractivity contribution in [2.24, 2.45) is 0 Å². The monoisotopic (exact) mass is 262 g/mol. The van der Waals surface area contributed by atoms with Gasteiger partial charge in [-0.2, -0.15) is 0 Å². The van der Waals surface area contributed by atoms with Crippen LogP contribution in [0.5, 0.6) is 0 Å². The van der Waals surface area contributed by atoms with Crippen molar-refractivity contribution < 1.29 is 0 Å². The lowest BCUT2D eigenvalue weighted by molar-refractivity contribution is 0.726. The highest BCUT2D eigenvalue weighted by Gasteiger charge is 2.08. The van der Waals surface area contributed by atoms with Crippen LogP contribution in [0.4, 0.5) is 0 Å². The summed E-state index contributed by atoms with van der Waals surface area (Å²) in [6.45, 7) is 8.26. The number of rotatable bonds is 4. The normalized spacial score (nSPS) is 11.4. The van der Waals surface area contributed by atoms with Crippen LogP contribution >= 0.6 is 11.6 Å². The zero-order valence-electron chi connectivity index (χ0n) is 11.1. The molecule has 0 spiro atoms. The molecule has 3 heteroatoms. The van der Waals surface area contributed by atoms with Gasteiger partial charge in [0.05, 0.1) is 5.52 Å². The smallest absolute Gasteiger partial charge is 0.0709 e. The molecule has 0 aliphatic heterocycles. The van der Waals surface area contributed by atoms with Crippen LogP contribution in [0.1, 0.15) is 37.9 Å². The van der Waals surface area contributed by atoms with E-state index in [1.807, 2.05) is 18.2 Å². The number of pyridine rings is 1. The third kappa shape index (κ3) is 2.82. The van der Waals surface area contributed by atoms with E-state index in [1.54, 1.807) is 0 Å². The van der Waals surface area contributed by atoms with E-state index >= 15 is 0 Å². The number of nitrogens with zero attached hydrogens (tertiary/aromatic N) is 1. The van der Waals surface area contributed by atoms with Gasteiger partial charge in [0.25, 0.3) is 0 Å². The lowest BCUT2D eigenvalue weighted by atomic mass is 10.0. The highest BCUT2D eigenvalue weighted by molar-refractivity contribution is 6.31. The molecule has 0 fully saturated rings. The molecule has 2 nitrogen and oxygen atoms in total. The molecule has 0 amide bonds. The summed E-state index contributed by atoms with van der Waals surface area (Å²) in [6.07, 6.45) is 0. The summed E-state index contributed by atoms with van der Waals surface area (Å²) in [5.74, 6) is 0.436. The molecule has 0 atom stereocenters. The van der Waals surface area contributed by atoms with Crippen molar-refractivity contribution in [2.45, 2.75) is 33.2 Å². The molecule has 1 N–H and O–H groups in total. The largest absolute Gasteiger partial charge is 0.313 e. The maximum atomic E-state index is 6.08. The second kappa shape index (κ2) is 5.68. The summed E-state index contributed by atoms with van der Waals surface area (Å²) < 4.78 is 0. The van der Waals surface area contributed by atoms with Gasteiger partial charge in [-0.1, -0.05) is 32.4 Å². The van der Waals surface area contributed by atoms with Gasteiger partial charge in [-0.25, -0.2) is 0 Å². The van der Waals surface area contributed by atoms with Crippen LogP contribution in [-0.4, -0.2) is 11.5 Å². The van der Waals surface area contributed by atoms with E-state index in [0.29, 0.717) is 5.92 Å². The van der Waals surface area contributed by atoms with Crippen molar-refractivity contribution in [3.63, 3.8) is 0 Å². The standard InChI is InChI=1S/C15H19ClN2/c1-4-17-9-11-7-15(10(2)3)18-14-6-5-12(16)8-13(11)14/h5-8,10,17H,4,9H2,1-3H3. The topological polar surface area (TPSA) is 24.9 Å². The highest BCUT2D eigenvalue weighted by atomic mass is 35.5. The van der Waals surface area contributed by atoms with Crippen LogP contribution in [0.2, 0.25) is 5.02 Å². The maximum absolute atomic E-state index is 6.08. The number of aromatic nitrogens is 1. The first kappa shape index (κ1) is 13.3. The van der Waals surface area contributed by atoms with E-state index in [1.165, 1.54) is 5.56 Å². The molecular weight excluding hydrogens is 244 g/mol. The molecule has 96 valence electrons. The average molecular weight is 263 g/mol. The van der Waals surface area contributed by atoms with Gasteiger partial charge in [0.15, 0.2) is 0 Å². The Morgan fingerprint density at radius 2 is 2.06 bits per heavy atom. The highest BCUT2D eigenvalue weighted by Crippen LogP contribution is 2.25. The lowest BCUT2D eigenvalue weighted by Crippen LogP contribution is -2.13. The van der Waals surface area contributed by atoms with Crippen molar-refractivity contribution in [2.75, 3.05) is 6.54 Å². The second-order valence-electron chi connectivity index (χ2n) is 4.80. The Labute approximate surface area is 113 Å². The van der Waals surface area contributed by atoms with Crippen LogP contribution in [-0.2, 0) is 6.54 Å². The van der Waals surface area contributed by atoms with Gasteiger partial charge >= 0.3 is 0 Å². The molecule has 1 heterocycles. The molecule has 0 radical (unpaired) electrons. The predicted molar refractivity (Wildman–Crippen MR) is 78.2 cm³/mol. The number of halogens is 1. The van der Waals surface area contributed by atoms with Crippen LogP contribution < -0.4 is 5.32 Å². The Balaban J connectivity index is 2.57. The Kier molecular flexibility index (Phi) is 4.20. The fourth-order valence-corrected chi connectivity index (χ4v) is 2.16.